The standard InChI is InChI=1S/C19H21NO7/c1-24-12-5-6-13-11(9-17(21)27-16(13)10-12)8-14(19(23)25-2)20-18(22)15-4-3-7-26-15/h5-6,9-10,14-15H,3-4,7-8H2,1-2H3,(H,20,22)/t14-,15+/m1/s1. The number of benzene rings is 1. The van der Waals surface area contributed by atoms with E-state index >= 15 is 0 Å². The van der Waals surface area contributed by atoms with E-state index in [2.05, 4.69) is 5.32 Å². The maximum absolute atomic E-state index is 12.3. The van der Waals surface area contributed by atoms with Crippen LogP contribution in [0, 0.1) is 0 Å². The minimum atomic E-state index is -0.946. The summed E-state index contributed by atoms with van der Waals surface area (Å²) >= 11 is 0. The Balaban J connectivity index is 1.89. The van der Waals surface area contributed by atoms with Crippen molar-refractivity contribution in [2.24, 2.45) is 0 Å². The predicted molar refractivity (Wildman–Crippen MR) is 95.7 cm³/mol. The Bertz CT molecular complexity index is 899. The van der Waals surface area contributed by atoms with Crippen molar-refractivity contribution >= 4 is 22.8 Å². The number of rotatable bonds is 6. The van der Waals surface area contributed by atoms with Gasteiger partial charge in [0.25, 0.3) is 0 Å². The van der Waals surface area contributed by atoms with Crippen LogP contribution in [0.1, 0.15) is 18.4 Å². The highest BCUT2D eigenvalue weighted by molar-refractivity contribution is 5.88. The quantitative estimate of drug-likeness (QED) is 0.597. The summed E-state index contributed by atoms with van der Waals surface area (Å²) in [6.45, 7) is 0.521. The van der Waals surface area contributed by atoms with Crippen LogP contribution >= 0.6 is 0 Å². The van der Waals surface area contributed by atoms with Gasteiger partial charge in [-0.1, -0.05) is 0 Å². The maximum atomic E-state index is 12.3. The van der Waals surface area contributed by atoms with Crippen LogP contribution in [-0.2, 0) is 25.5 Å². The molecular weight excluding hydrogens is 354 g/mol. The number of hydrogen-bond acceptors (Lipinski definition) is 7. The second-order valence-electron chi connectivity index (χ2n) is 6.24. The summed E-state index contributed by atoms with van der Waals surface area (Å²) in [7, 11) is 2.76. The lowest BCUT2D eigenvalue weighted by molar-refractivity contribution is -0.146. The van der Waals surface area contributed by atoms with Gasteiger partial charge in [-0.3, -0.25) is 4.79 Å². The molecule has 1 N–H and O–H groups in total. The second kappa shape index (κ2) is 8.22. The van der Waals surface area contributed by atoms with Crippen molar-refractivity contribution in [2.45, 2.75) is 31.4 Å². The fourth-order valence-electron chi connectivity index (χ4n) is 3.11. The number of nitrogens with one attached hydrogen (secondary N) is 1. The van der Waals surface area contributed by atoms with Gasteiger partial charge in [-0.2, -0.15) is 0 Å². The van der Waals surface area contributed by atoms with Gasteiger partial charge in [0.1, 0.15) is 23.5 Å². The van der Waals surface area contributed by atoms with Crippen LogP contribution in [-0.4, -0.2) is 44.8 Å². The van der Waals surface area contributed by atoms with Crippen molar-refractivity contribution in [1.82, 2.24) is 5.32 Å². The van der Waals surface area contributed by atoms with Crippen LogP contribution in [0.3, 0.4) is 0 Å². The lowest BCUT2D eigenvalue weighted by atomic mass is 10.0. The summed E-state index contributed by atoms with van der Waals surface area (Å²) in [6, 6.07) is 5.42. The minimum absolute atomic E-state index is 0.0829. The number of methoxy groups -OCH3 is 2. The third-order valence-corrected chi connectivity index (χ3v) is 4.49. The molecule has 1 aliphatic rings. The third kappa shape index (κ3) is 4.28. The molecule has 0 saturated carbocycles. The molecule has 0 radical (unpaired) electrons. The van der Waals surface area contributed by atoms with Crippen LogP contribution in [0.5, 0.6) is 5.75 Å². The molecule has 1 aromatic carbocycles. The number of amides is 1. The molecule has 27 heavy (non-hydrogen) atoms. The molecule has 1 fully saturated rings. The fraction of sp³-hybridized carbons (Fsp3) is 0.421. The van der Waals surface area contributed by atoms with Gasteiger partial charge >= 0.3 is 11.6 Å². The van der Waals surface area contributed by atoms with Crippen LogP contribution in [0.25, 0.3) is 11.0 Å². The SMILES string of the molecule is COC(=O)[C@@H](Cc1cc(=O)oc2cc(OC)ccc12)NC(=O)[C@@H]1CCCO1. The Morgan fingerprint density at radius 2 is 2.11 bits per heavy atom. The summed E-state index contributed by atoms with van der Waals surface area (Å²) in [5, 5.41) is 3.32. The van der Waals surface area contributed by atoms with Gasteiger partial charge in [0.2, 0.25) is 5.91 Å². The van der Waals surface area contributed by atoms with Gasteiger partial charge in [-0.05, 0) is 30.5 Å². The zero-order chi connectivity index (χ0) is 19.4. The Labute approximate surface area is 155 Å². The number of esters is 1. The highest BCUT2D eigenvalue weighted by atomic mass is 16.5. The van der Waals surface area contributed by atoms with Crippen molar-refractivity contribution in [2.75, 3.05) is 20.8 Å². The molecule has 0 unspecified atom stereocenters. The van der Waals surface area contributed by atoms with E-state index in [1.165, 1.54) is 20.3 Å². The molecule has 8 heteroatoms. The van der Waals surface area contributed by atoms with E-state index in [-0.39, 0.29) is 12.3 Å². The number of hydrogen-bond donors (Lipinski definition) is 1. The summed E-state index contributed by atoms with van der Waals surface area (Å²) in [5.74, 6) is -0.424. The first-order valence-electron chi connectivity index (χ1n) is 8.62. The van der Waals surface area contributed by atoms with Crippen molar-refractivity contribution < 1.29 is 28.2 Å². The molecule has 8 nitrogen and oxygen atoms in total. The summed E-state index contributed by atoms with van der Waals surface area (Å²) in [6.07, 6.45) is 0.920. The van der Waals surface area contributed by atoms with Gasteiger partial charge in [0, 0.05) is 30.5 Å². The topological polar surface area (TPSA) is 104 Å². The van der Waals surface area contributed by atoms with E-state index in [1.54, 1.807) is 18.2 Å². The van der Waals surface area contributed by atoms with Gasteiger partial charge in [-0.15, -0.1) is 0 Å². The lowest BCUT2D eigenvalue weighted by Gasteiger charge is -2.19. The van der Waals surface area contributed by atoms with Crippen molar-refractivity contribution in [3.05, 3.63) is 40.2 Å². The summed E-state index contributed by atoms with van der Waals surface area (Å²) in [5.41, 5.74) is 0.345. The molecule has 1 saturated heterocycles. The molecule has 2 atom stereocenters. The Morgan fingerprint density at radius 1 is 1.30 bits per heavy atom. The van der Waals surface area contributed by atoms with Gasteiger partial charge < -0.3 is 23.9 Å². The lowest BCUT2D eigenvalue weighted by Crippen LogP contribution is -2.47. The molecule has 1 aromatic heterocycles. The first-order chi connectivity index (χ1) is 13.0. The molecule has 0 aliphatic carbocycles. The Hall–Kier alpha value is -2.87. The Kier molecular flexibility index (Phi) is 5.75. The summed E-state index contributed by atoms with van der Waals surface area (Å²) < 4.78 is 20.5. The zero-order valence-electron chi connectivity index (χ0n) is 15.2. The monoisotopic (exact) mass is 375 g/mol. The number of carbonyl (C=O) groups excluding carboxylic acids is 2. The average Bonchev–Trinajstić information content (AvgIpc) is 3.21. The molecule has 1 aliphatic heterocycles. The fourth-order valence-corrected chi connectivity index (χ4v) is 3.11. The van der Waals surface area contributed by atoms with Crippen LogP contribution in [0.4, 0.5) is 0 Å². The number of ether oxygens (including phenoxy) is 3. The highest BCUT2D eigenvalue weighted by Gasteiger charge is 2.29. The molecule has 2 aromatic rings. The van der Waals surface area contributed by atoms with E-state index < -0.39 is 23.7 Å². The minimum Gasteiger partial charge on any atom is -0.497 e. The third-order valence-electron chi connectivity index (χ3n) is 4.49. The molecule has 0 spiro atoms. The van der Waals surface area contributed by atoms with E-state index in [4.69, 9.17) is 18.6 Å². The number of carbonyl (C=O) groups is 2. The van der Waals surface area contributed by atoms with Crippen molar-refractivity contribution in [3.63, 3.8) is 0 Å². The first-order valence-corrected chi connectivity index (χ1v) is 8.62. The number of fused-ring (bicyclic) bond motifs is 1. The smallest absolute Gasteiger partial charge is 0.336 e. The maximum Gasteiger partial charge on any atom is 0.336 e. The van der Waals surface area contributed by atoms with Crippen molar-refractivity contribution in [3.8, 4) is 5.75 Å². The van der Waals surface area contributed by atoms with Crippen LogP contribution in [0.2, 0.25) is 0 Å². The van der Waals surface area contributed by atoms with Gasteiger partial charge in [0.15, 0.2) is 0 Å². The molecule has 0 bridgehead atoms. The molecule has 3 rings (SSSR count). The normalized spacial score (nSPS) is 17.5. The van der Waals surface area contributed by atoms with Gasteiger partial charge in [0.05, 0.1) is 14.2 Å². The first kappa shape index (κ1) is 18.9. The van der Waals surface area contributed by atoms with Crippen molar-refractivity contribution in [1.29, 1.82) is 0 Å². The largest absolute Gasteiger partial charge is 0.497 e. The highest BCUT2D eigenvalue weighted by Crippen LogP contribution is 2.23. The average molecular weight is 375 g/mol. The van der Waals surface area contributed by atoms with E-state index in [9.17, 15) is 14.4 Å². The van der Waals surface area contributed by atoms with Crippen LogP contribution in [0.15, 0.2) is 33.5 Å². The van der Waals surface area contributed by atoms with Crippen LogP contribution < -0.4 is 15.7 Å². The molecule has 1 amide bonds. The molecule has 144 valence electrons. The molecular formula is C19H21NO7. The van der Waals surface area contributed by atoms with E-state index in [0.29, 0.717) is 35.3 Å². The summed E-state index contributed by atoms with van der Waals surface area (Å²) in [4.78, 5) is 36.5. The zero-order valence-corrected chi connectivity index (χ0v) is 15.2. The predicted octanol–water partition coefficient (Wildman–Crippen LogP) is 1.18. The van der Waals surface area contributed by atoms with Gasteiger partial charge in [-0.25, -0.2) is 9.59 Å². The molecule has 2 heterocycles. The second-order valence-corrected chi connectivity index (χ2v) is 6.24. The van der Waals surface area contributed by atoms with E-state index in [1.807, 2.05) is 0 Å². The van der Waals surface area contributed by atoms with E-state index in [0.717, 1.165) is 6.42 Å². The Morgan fingerprint density at radius 3 is 2.78 bits per heavy atom.